The number of anilines is 2. The molecule has 1 heterocycles. The summed E-state index contributed by atoms with van der Waals surface area (Å²) in [4.78, 5) is 25.4. The van der Waals surface area contributed by atoms with Crippen LogP contribution in [0, 0.1) is 0 Å². The molecule has 0 aliphatic carbocycles. The van der Waals surface area contributed by atoms with E-state index >= 15 is 0 Å². The van der Waals surface area contributed by atoms with E-state index in [1.807, 2.05) is 0 Å². The lowest BCUT2D eigenvalue weighted by molar-refractivity contribution is -0.111. The van der Waals surface area contributed by atoms with E-state index in [0.717, 1.165) is 0 Å². The van der Waals surface area contributed by atoms with Crippen molar-refractivity contribution < 1.29 is 32.6 Å². The number of hydrogen-bond acceptors (Lipinski definition) is 5. The number of carbonyl (C=O) groups excluding carboxylic acids is 2. The van der Waals surface area contributed by atoms with Crippen LogP contribution in [0.3, 0.4) is 0 Å². The monoisotopic (exact) mass is 418 g/mol. The van der Waals surface area contributed by atoms with Gasteiger partial charge in [-0.2, -0.15) is 8.78 Å². The van der Waals surface area contributed by atoms with Crippen molar-refractivity contribution in [2.24, 2.45) is 0 Å². The maximum absolute atomic E-state index is 12.5. The fourth-order valence-corrected chi connectivity index (χ4v) is 2.83. The summed E-state index contributed by atoms with van der Waals surface area (Å²) in [5, 5.41) is 2.71. The molecule has 0 spiro atoms. The zero-order valence-corrected chi connectivity index (χ0v) is 16.1. The second-order valence-corrected chi connectivity index (χ2v) is 6.16. The van der Waals surface area contributed by atoms with Crippen LogP contribution in [0.4, 0.5) is 25.0 Å². The molecular formula is C21H20F2N2O5. The molecule has 0 bridgehead atoms. The summed E-state index contributed by atoms with van der Waals surface area (Å²) in [6, 6.07) is 11.2. The van der Waals surface area contributed by atoms with Crippen molar-refractivity contribution in [3.05, 3.63) is 54.1 Å². The van der Waals surface area contributed by atoms with Gasteiger partial charge < -0.3 is 19.5 Å². The van der Waals surface area contributed by atoms with Gasteiger partial charge in [0, 0.05) is 17.5 Å². The van der Waals surface area contributed by atoms with E-state index in [-0.39, 0.29) is 18.1 Å². The van der Waals surface area contributed by atoms with Gasteiger partial charge in [-0.25, -0.2) is 4.79 Å². The lowest BCUT2D eigenvalue weighted by atomic mass is 10.2. The Morgan fingerprint density at radius 1 is 1.27 bits per heavy atom. The highest BCUT2D eigenvalue weighted by Crippen LogP contribution is 2.30. The van der Waals surface area contributed by atoms with E-state index in [4.69, 9.17) is 9.47 Å². The van der Waals surface area contributed by atoms with Crippen molar-refractivity contribution in [2.75, 3.05) is 30.0 Å². The Bertz CT molecular complexity index is 949. The van der Waals surface area contributed by atoms with Gasteiger partial charge in [-0.3, -0.25) is 9.69 Å². The zero-order chi connectivity index (χ0) is 21.5. The van der Waals surface area contributed by atoms with Crippen molar-refractivity contribution >= 4 is 29.5 Å². The molecule has 158 valence electrons. The van der Waals surface area contributed by atoms with Crippen LogP contribution in [0.15, 0.2) is 48.5 Å². The number of nitrogens with zero attached hydrogens (tertiary/aromatic N) is 1. The van der Waals surface area contributed by atoms with E-state index in [0.29, 0.717) is 30.1 Å². The molecule has 1 N–H and O–H groups in total. The standard InChI is InChI=1S/C21H20F2N2O5/c1-2-28-18-12-14(6-8-17(18)30-20(22)23)7-9-19(26)24-15-4-3-5-16(13-15)25-10-11-29-21(25)27/h3-9,12-13,20H,2,10-11H2,1H3,(H,24,26)/b9-7+. The molecule has 0 unspecified atom stereocenters. The highest BCUT2D eigenvalue weighted by molar-refractivity contribution is 6.02. The fourth-order valence-electron chi connectivity index (χ4n) is 2.83. The third-order valence-electron chi connectivity index (χ3n) is 4.10. The minimum Gasteiger partial charge on any atom is -0.490 e. The molecule has 7 nitrogen and oxygen atoms in total. The first-order chi connectivity index (χ1) is 14.5. The van der Waals surface area contributed by atoms with Crippen LogP contribution in [-0.2, 0) is 9.53 Å². The Morgan fingerprint density at radius 2 is 2.10 bits per heavy atom. The second kappa shape index (κ2) is 9.73. The molecule has 0 aromatic heterocycles. The highest BCUT2D eigenvalue weighted by Gasteiger charge is 2.23. The lowest BCUT2D eigenvalue weighted by Crippen LogP contribution is -2.23. The molecule has 1 aliphatic heterocycles. The second-order valence-electron chi connectivity index (χ2n) is 6.16. The molecule has 1 saturated heterocycles. The van der Waals surface area contributed by atoms with Crippen LogP contribution in [0.25, 0.3) is 6.08 Å². The molecule has 0 atom stereocenters. The smallest absolute Gasteiger partial charge is 0.414 e. The quantitative estimate of drug-likeness (QED) is 0.647. The van der Waals surface area contributed by atoms with Crippen LogP contribution < -0.4 is 19.7 Å². The first-order valence-electron chi connectivity index (χ1n) is 9.21. The maximum Gasteiger partial charge on any atom is 0.414 e. The predicted molar refractivity (Wildman–Crippen MR) is 107 cm³/mol. The molecule has 30 heavy (non-hydrogen) atoms. The minimum atomic E-state index is -2.96. The molecule has 9 heteroatoms. The van der Waals surface area contributed by atoms with Gasteiger partial charge in [0.1, 0.15) is 6.61 Å². The molecule has 2 aromatic rings. The van der Waals surface area contributed by atoms with Crippen molar-refractivity contribution in [3.63, 3.8) is 0 Å². The average molecular weight is 418 g/mol. The van der Waals surface area contributed by atoms with E-state index < -0.39 is 18.6 Å². The predicted octanol–water partition coefficient (Wildman–Crippen LogP) is 4.30. The van der Waals surface area contributed by atoms with Gasteiger partial charge in [0.05, 0.1) is 13.2 Å². The number of hydrogen-bond donors (Lipinski definition) is 1. The summed E-state index contributed by atoms with van der Waals surface area (Å²) in [6.45, 7) is -0.201. The molecule has 1 aliphatic rings. The van der Waals surface area contributed by atoms with Crippen molar-refractivity contribution in [2.45, 2.75) is 13.5 Å². The van der Waals surface area contributed by atoms with Crippen LogP contribution in [0.5, 0.6) is 11.5 Å². The molecule has 0 radical (unpaired) electrons. The number of alkyl halides is 2. The molecule has 3 rings (SSSR count). The van der Waals surface area contributed by atoms with E-state index in [1.54, 1.807) is 31.2 Å². The lowest BCUT2D eigenvalue weighted by Gasteiger charge is -2.13. The van der Waals surface area contributed by atoms with Crippen molar-refractivity contribution in [1.82, 2.24) is 0 Å². The molecule has 2 aromatic carbocycles. The Labute approximate surface area is 171 Å². The van der Waals surface area contributed by atoms with Crippen LogP contribution in [-0.4, -0.2) is 38.4 Å². The zero-order valence-electron chi connectivity index (χ0n) is 16.1. The number of ether oxygens (including phenoxy) is 3. The number of nitrogens with one attached hydrogen (secondary N) is 1. The van der Waals surface area contributed by atoms with E-state index in [2.05, 4.69) is 10.1 Å². The van der Waals surface area contributed by atoms with Gasteiger partial charge in [-0.05, 0) is 48.9 Å². The SMILES string of the molecule is CCOc1cc(/C=C/C(=O)Nc2cccc(N3CCOC3=O)c2)ccc1OC(F)F. The topological polar surface area (TPSA) is 77.1 Å². The van der Waals surface area contributed by atoms with Crippen molar-refractivity contribution in [1.29, 1.82) is 0 Å². The Balaban J connectivity index is 1.67. The number of rotatable bonds is 8. The Morgan fingerprint density at radius 3 is 2.80 bits per heavy atom. The first-order valence-corrected chi connectivity index (χ1v) is 9.21. The third-order valence-corrected chi connectivity index (χ3v) is 4.10. The normalized spacial score (nSPS) is 13.6. The number of halogens is 2. The maximum atomic E-state index is 12.5. The molecule has 1 fully saturated rings. The first kappa shape index (κ1) is 21.1. The average Bonchev–Trinajstić information content (AvgIpc) is 3.14. The summed E-state index contributed by atoms with van der Waals surface area (Å²) in [6.07, 6.45) is 2.39. The van der Waals surface area contributed by atoms with Crippen LogP contribution >= 0.6 is 0 Å². The van der Waals surface area contributed by atoms with Crippen LogP contribution in [0.2, 0.25) is 0 Å². The highest BCUT2D eigenvalue weighted by atomic mass is 19.3. The Kier molecular flexibility index (Phi) is 6.84. The van der Waals surface area contributed by atoms with Gasteiger partial charge in [0.2, 0.25) is 5.91 Å². The molecule has 0 saturated carbocycles. The van der Waals surface area contributed by atoms with Gasteiger partial charge in [0.15, 0.2) is 11.5 Å². The summed E-state index contributed by atoms with van der Waals surface area (Å²) >= 11 is 0. The van der Waals surface area contributed by atoms with Gasteiger partial charge in [-0.1, -0.05) is 12.1 Å². The summed E-state index contributed by atoms with van der Waals surface area (Å²) in [7, 11) is 0. The number of cyclic esters (lactones) is 1. The van der Waals surface area contributed by atoms with E-state index in [9.17, 15) is 18.4 Å². The van der Waals surface area contributed by atoms with Gasteiger partial charge >= 0.3 is 12.7 Å². The largest absolute Gasteiger partial charge is 0.490 e. The third kappa shape index (κ3) is 5.47. The van der Waals surface area contributed by atoms with E-state index in [1.165, 1.54) is 35.3 Å². The molecule has 2 amide bonds. The summed E-state index contributed by atoms with van der Waals surface area (Å²) in [5.74, 6) is -0.321. The number of amides is 2. The number of benzene rings is 2. The van der Waals surface area contributed by atoms with Gasteiger partial charge in [-0.15, -0.1) is 0 Å². The van der Waals surface area contributed by atoms with Gasteiger partial charge in [0.25, 0.3) is 0 Å². The Hall–Kier alpha value is -3.62. The van der Waals surface area contributed by atoms with Crippen LogP contribution in [0.1, 0.15) is 12.5 Å². The van der Waals surface area contributed by atoms with Crippen molar-refractivity contribution in [3.8, 4) is 11.5 Å². The summed E-state index contributed by atoms with van der Waals surface area (Å²) in [5.41, 5.74) is 1.71. The fraction of sp³-hybridized carbons (Fsp3) is 0.238. The number of carbonyl (C=O) groups is 2. The molecular weight excluding hydrogens is 398 g/mol. The summed E-state index contributed by atoms with van der Waals surface area (Å²) < 4.78 is 39.6. The minimum absolute atomic E-state index is 0.0781.